The molecule has 0 radical (unpaired) electrons. The summed E-state index contributed by atoms with van der Waals surface area (Å²) in [6.07, 6.45) is 7.93. The Balaban J connectivity index is 1.65. The smallest absolute Gasteiger partial charge is 0.144 e. The van der Waals surface area contributed by atoms with Crippen LogP contribution in [-0.4, -0.2) is 40.0 Å². The topological polar surface area (TPSA) is 41.0 Å². The van der Waals surface area contributed by atoms with Crippen LogP contribution in [0, 0.1) is 11.8 Å². The van der Waals surface area contributed by atoms with E-state index in [2.05, 4.69) is 34.0 Å². The third-order valence-electron chi connectivity index (χ3n) is 4.51. The summed E-state index contributed by atoms with van der Waals surface area (Å²) in [5, 5.41) is 3.57. The average Bonchev–Trinajstić information content (AvgIpc) is 2.93. The number of aromatic nitrogens is 2. The van der Waals surface area contributed by atoms with Gasteiger partial charge in [0.1, 0.15) is 5.82 Å². The Morgan fingerprint density at radius 2 is 2.17 bits per heavy atom. The van der Waals surface area contributed by atoms with Crippen molar-refractivity contribution in [1.82, 2.24) is 14.9 Å². The molecule has 1 N–H and O–H groups in total. The first kappa shape index (κ1) is 11.9. The van der Waals surface area contributed by atoms with Gasteiger partial charge < -0.3 is 10.2 Å². The number of likely N-dealkylation sites (tertiary alicyclic amines) is 1. The molecule has 1 aliphatic heterocycles. The lowest BCUT2D eigenvalue weighted by molar-refractivity contribution is 0.252. The quantitative estimate of drug-likeness (QED) is 0.885. The summed E-state index contributed by atoms with van der Waals surface area (Å²) in [6.45, 7) is 7.11. The van der Waals surface area contributed by atoms with Crippen molar-refractivity contribution < 1.29 is 0 Å². The van der Waals surface area contributed by atoms with Gasteiger partial charge in [-0.15, -0.1) is 0 Å². The molecular formula is C14H22N4. The Hall–Kier alpha value is -1.16. The van der Waals surface area contributed by atoms with Crippen LogP contribution in [0.2, 0.25) is 0 Å². The molecule has 3 rings (SSSR count). The summed E-state index contributed by atoms with van der Waals surface area (Å²) < 4.78 is 0. The summed E-state index contributed by atoms with van der Waals surface area (Å²) in [5.41, 5.74) is 0. The molecule has 1 saturated carbocycles. The zero-order chi connectivity index (χ0) is 12.5. The van der Waals surface area contributed by atoms with Crippen LogP contribution in [0.3, 0.4) is 0 Å². The summed E-state index contributed by atoms with van der Waals surface area (Å²) in [6, 6.07) is 1.25. The molecule has 18 heavy (non-hydrogen) atoms. The Bertz CT molecular complexity index is 392. The number of nitrogens with zero attached hydrogens (tertiary/aromatic N) is 3. The van der Waals surface area contributed by atoms with Crippen LogP contribution in [0.5, 0.6) is 0 Å². The molecule has 4 nitrogen and oxygen atoms in total. The molecule has 1 aliphatic carbocycles. The molecule has 0 spiro atoms. The van der Waals surface area contributed by atoms with E-state index in [4.69, 9.17) is 0 Å². The molecule has 1 saturated heterocycles. The fraction of sp³-hybridized carbons (Fsp3) is 0.714. The van der Waals surface area contributed by atoms with E-state index < -0.39 is 0 Å². The second-order valence-corrected chi connectivity index (χ2v) is 5.89. The van der Waals surface area contributed by atoms with Gasteiger partial charge in [0.2, 0.25) is 0 Å². The summed E-state index contributed by atoms with van der Waals surface area (Å²) in [5.74, 6) is 2.59. The molecule has 2 fully saturated rings. The molecule has 98 valence electrons. The fourth-order valence-corrected chi connectivity index (χ4v) is 3.46. The van der Waals surface area contributed by atoms with Gasteiger partial charge in [-0.2, -0.15) is 0 Å². The molecule has 0 aromatic carbocycles. The lowest BCUT2D eigenvalue weighted by atomic mass is 9.98. The molecule has 1 aromatic rings. The molecule has 0 amide bonds. The van der Waals surface area contributed by atoms with E-state index in [1.807, 2.05) is 6.20 Å². The normalized spacial score (nSPS) is 31.8. The molecule has 0 bridgehead atoms. The van der Waals surface area contributed by atoms with Crippen LogP contribution in [0.4, 0.5) is 5.82 Å². The van der Waals surface area contributed by atoms with Crippen molar-refractivity contribution in [3.63, 3.8) is 0 Å². The summed E-state index contributed by atoms with van der Waals surface area (Å²) in [7, 11) is 0. The van der Waals surface area contributed by atoms with E-state index in [-0.39, 0.29) is 0 Å². The molecule has 2 heterocycles. The number of hydrogen-bond acceptors (Lipinski definition) is 4. The Morgan fingerprint density at radius 3 is 2.89 bits per heavy atom. The van der Waals surface area contributed by atoms with E-state index >= 15 is 0 Å². The van der Waals surface area contributed by atoms with Crippen LogP contribution in [0.25, 0.3) is 0 Å². The number of rotatable bonds is 3. The van der Waals surface area contributed by atoms with Gasteiger partial charge in [0, 0.05) is 37.6 Å². The predicted molar refractivity (Wildman–Crippen MR) is 72.4 cm³/mol. The number of anilines is 1. The van der Waals surface area contributed by atoms with Crippen molar-refractivity contribution in [3.8, 4) is 0 Å². The zero-order valence-electron chi connectivity index (χ0n) is 11.2. The Kier molecular flexibility index (Phi) is 3.20. The minimum Gasteiger partial charge on any atom is -0.366 e. The monoisotopic (exact) mass is 246 g/mol. The summed E-state index contributed by atoms with van der Waals surface area (Å²) in [4.78, 5) is 11.1. The fourth-order valence-electron chi connectivity index (χ4n) is 3.46. The maximum atomic E-state index is 4.32. The van der Waals surface area contributed by atoms with Crippen molar-refractivity contribution in [2.45, 2.75) is 38.8 Å². The SMILES string of the molecule is CC(C)N1C[C@H]2CC[C@@H](Nc3cnccn3)[C@H]2C1. The standard InChI is InChI=1S/C14H22N4/c1-10(2)18-8-11-3-4-13(12(11)9-18)17-14-7-15-5-6-16-14/h5-7,10-13H,3-4,8-9H2,1-2H3,(H,16,17)/t11-,12+,13-/m1/s1. The van der Waals surface area contributed by atoms with E-state index in [0.717, 1.165) is 17.7 Å². The van der Waals surface area contributed by atoms with Gasteiger partial charge in [-0.3, -0.25) is 4.98 Å². The molecule has 2 aliphatic rings. The number of hydrogen-bond donors (Lipinski definition) is 1. The van der Waals surface area contributed by atoms with Crippen molar-refractivity contribution in [2.75, 3.05) is 18.4 Å². The lowest BCUT2D eigenvalue weighted by Gasteiger charge is -2.24. The van der Waals surface area contributed by atoms with Crippen molar-refractivity contribution in [2.24, 2.45) is 11.8 Å². The number of nitrogens with one attached hydrogen (secondary N) is 1. The van der Waals surface area contributed by atoms with Crippen LogP contribution < -0.4 is 5.32 Å². The van der Waals surface area contributed by atoms with Gasteiger partial charge >= 0.3 is 0 Å². The van der Waals surface area contributed by atoms with Gasteiger partial charge in [-0.05, 0) is 38.5 Å². The van der Waals surface area contributed by atoms with Crippen LogP contribution in [-0.2, 0) is 0 Å². The van der Waals surface area contributed by atoms with Crippen LogP contribution in [0.15, 0.2) is 18.6 Å². The highest BCUT2D eigenvalue weighted by Crippen LogP contribution is 2.39. The van der Waals surface area contributed by atoms with E-state index in [9.17, 15) is 0 Å². The highest BCUT2D eigenvalue weighted by atomic mass is 15.2. The first-order chi connectivity index (χ1) is 8.74. The third kappa shape index (κ3) is 2.21. The van der Waals surface area contributed by atoms with Gasteiger partial charge in [0.25, 0.3) is 0 Å². The third-order valence-corrected chi connectivity index (χ3v) is 4.51. The molecule has 0 unspecified atom stereocenters. The molecular weight excluding hydrogens is 224 g/mol. The van der Waals surface area contributed by atoms with E-state index in [1.54, 1.807) is 12.4 Å². The minimum atomic E-state index is 0.579. The van der Waals surface area contributed by atoms with Crippen molar-refractivity contribution in [1.29, 1.82) is 0 Å². The Labute approximate surface area is 109 Å². The van der Waals surface area contributed by atoms with E-state index in [1.165, 1.54) is 25.9 Å². The van der Waals surface area contributed by atoms with Gasteiger partial charge in [0.05, 0.1) is 6.20 Å². The van der Waals surface area contributed by atoms with Crippen LogP contribution >= 0.6 is 0 Å². The highest BCUT2D eigenvalue weighted by molar-refractivity contribution is 5.32. The number of fused-ring (bicyclic) bond motifs is 1. The second-order valence-electron chi connectivity index (χ2n) is 5.89. The first-order valence-corrected chi connectivity index (χ1v) is 7.00. The maximum Gasteiger partial charge on any atom is 0.144 e. The molecule has 3 atom stereocenters. The molecule has 4 heteroatoms. The Morgan fingerprint density at radius 1 is 1.28 bits per heavy atom. The predicted octanol–water partition coefficient (Wildman–Crippen LogP) is 2.01. The van der Waals surface area contributed by atoms with Gasteiger partial charge in [0.15, 0.2) is 0 Å². The van der Waals surface area contributed by atoms with Crippen molar-refractivity contribution >= 4 is 5.82 Å². The van der Waals surface area contributed by atoms with E-state index in [0.29, 0.717) is 12.1 Å². The zero-order valence-corrected chi connectivity index (χ0v) is 11.2. The first-order valence-electron chi connectivity index (χ1n) is 7.00. The van der Waals surface area contributed by atoms with Crippen molar-refractivity contribution in [3.05, 3.63) is 18.6 Å². The average molecular weight is 246 g/mol. The molecule has 1 aromatic heterocycles. The lowest BCUT2D eigenvalue weighted by Crippen LogP contribution is -2.33. The largest absolute Gasteiger partial charge is 0.366 e. The van der Waals surface area contributed by atoms with Gasteiger partial charge in [-0.1, -0.05) is 0 Å². The van der Waals surface area contributed by atoms with Gasteiger partial charge in [-0.25, -0.2) is 4.98 Å². The maximum absolute atomic E-state index is 4.32. The minimum absolute atomic E-state index is 0.579. The highest BCUT2D eigenvalue weighted by Gasteiger charge is 2.43. The van der Waals surface area contributed by atoms with Crippen LogP contribution in [0.1, 0.15) is 26.7 Å². The summed E-state index contributed by atoms with van der Waals surface area (Å²) >= 11 is 0. The second kappa shape index (κ2) is 4.84.